The van der Waals surface area contributed by atoms with E-state index >= 15 is 0 Å². The van der Waals surface area contributed by atoms with E-state index in [4.69, 9.17) is 0 Å². The van der Waals surface area contributed by atoms with Crippen LogP contribution in [0.25, 0.3) is 11.0 Å². The standard InChI is InChI=1S/C27H35F2N3O2/c1-26(34)9-7-16-15(13-26)3-4-18-17(16)8-10-27(2)19(18)5-6-20(27)25(33)14-32-24-12-22(29)21(28)11-23(24)30-31-32/h11-12,15-20,34H,3-10,13-14H2,1-2H3/t15-,16+,17-,18-,19+,20-,26-,27+/m1/s1. The van der Waals surface area contributed by atoms with Gasteiger partial charge in [0.05, 0.1) is 11.1 Å². The number of hydrogen-bond donors (Lipinski definition) is 1. The van der Waals surface area contributed by atoms with Crippen molar-refractivity contribution in [3.63, 3.8) is 0 Å². The molecule has 0 aliphatic heterocycles. The predicted molar refractivity (Wildman–Crippen MR) is 124 cm³/mol. The highest BCUT2D eigenvalue weighted by molar-refractivity contribution is 5.84. The summed E-state index contributed by atoms with van der Waals surface area (Å²) in [5, 5.41) is 18.6. The van der Waals surface area contributed by atoms with Crippen molar-refractivity contribution in [1.82, 2.24) is 15.0 Å². The molecule has 6 rings (SSSR count). The molecule has 4 aliphatic rings. The summed E-state index contributed by atoms with van der Waals surface area (Å²) in [6.45, 7) is 4.39. The van der Waals surface area contributed by atoms with Gasteiger partial charge < -0.3 is 5.11 Å². The highest BCUT2D eigenvalue weighted by atomic mass is 19.2. The number of Topliss-reactive ketones (excluding diaryl/α,β-unsaturated/α-hetero) is 1. The number of halogens is 2. The van der Waals surface area contributed by atoms with Crippen LogP contribution in [0.1, 0.15) is 71.6 Å². The Morgan fingerprint density at radius 3 is 2.62 bits per heavy atom. The zero-order valence-electron chi connectivity index (χ0n) is 20.1. The molecule has 0 spiro atoms. The molecule has 1 aromatic carbocycles. The molecular weight excluding hydrogens is 436 g/mol. The predicted octanol–water partition coefficient (Wildman–Crippen LogP) is 5.30. The topological polar surface area (TPSA) is 68.0 Å². The molecule has 1 N–H and O–H groups in total. The molecule has 7 heteroatoms. The summed E-state index contributed by atoms with van der Waals surface area (Å²) in [6, 6.07) is 2.12. The van der Waals surface area contributed by atoms with Gasteiger partial charge in [-0.25, -0.2) is 13.5 Å². The Morgan fingerprint density at radius 2 is 1.79 bits per heavy atom. The second-order valence-electron chi connectivity index (χ2n) is 12.3. The first kappa shape index (κ1) is 22.6. The lowest BCUT2D eigenvalue weighted by atomic mass is 9.49. The van der Waals surface area contributed by atoms with Gasteiger partial charge in [-0.3, -0.25) is 4.79 Å². The quantitative estimate of drug-likeness (QED) is 0.660. The molecular formula is C27H35F2N3O2. The van der Waals surface area contributed by atoms with E-state index in [1.807, 2.05) is 6.92 Å². The zero-order chi connectivity index (χ0) is 23.8. The molecule has 4 fully saturated rings. The SMILES string of the molecule is C[C@@]1(O)CC[C@H]2[C@H](CC[C@@H]3[C@@H]2CC[C@]2(C)[C@@H](C(=O)Cn4nnc5cc(F)c(F)cc54)CC[C@@H]32)C1. The number of hydrogen-bond acceptors (Lipinski definition) is 4. The summed E-state index contributed by atoms with van der Waals surface area (Å²) in [7, 11) is 0. The van der Waals surface area contributed by atoms with Crippen molar-refractivity contribution >= 4 is 16.8 Å². The van der Waals surface area contributed by atoms with Gasteiger partial charge in [0.15, 0.2) is 17.4 Å². The number of benzene rings is 1. The van der Waals surface area contributed by atoms with Crippen LogP contribution >= 0.6 is 0 Å². The molecule has 0 radical (unpaired) electrons. The van der Waals surface area contributed by atoms with E-state index in [0.717, 1.165) is 62.5 Å². The normalized spacial score (nSPS) is 41.7. The van der Waals surface area contributed by atoms with Gasteiger partial charge in [0.25, 0.3) is 0 Å². The van der Waals surface area contributed by atoms with Crippen molar-refractivity contribution in [2.45, 2.75) is 83.8 Å². The maximum Gasteiger partial charge on any atom is 0.161 e. The largest absolute Gasteiger partial charge is 0.390 e. The van der Waals surface area contributed by atoms with Crippen LogP contribution in [0.2, 0.25) is 0 Å². The van der Waals surface area contributed by atoms with E-state index < -0.39 is 17.2 Å². The molecule has 4 aliphatic carbocycles. The Bertz CT molecular complexity index is 1130. The monoisotopic (exact) mass is 471 g/mol. The maximum absolute atomic E-state index is 13.8. The summed E-state index contributed by atoms with van der Waals surface area (Å²) in [5.41, 5.74) is 0.134. The molecule has 4 saturated carbocycles. The zero-order valence-corrected chi connectivity index (χ0v) is 20.1. The lowest BCUT2D eigenvalue weighted by Gasteiger charge is -2.56. The first-order chi connectivity index (χ1) is 16.2. The second-order valence-corrected chi connectivity index (χ2v) is 12.3. The van der Waals surface area contributed by atoms with Gasteiger partial charge in [-0.1, -0.05) is 12.1 Å². The van der Waals surface area contributed by atoms with E-state index in [-0.39, 0.29) is 29.2 Å². The van der Waals surface area contributed by atoms with Crippen LogP contribution in [0, 0.1) is 52.6 Å². The third kappa shape index (κ3) is 3.44. The summed E-state index contributed by atoms with van der Waals surface area (Å²) < 4.78 is 28.8. The van der Waals surface area contributed by atoms with Crippen molar-refractivity contribution in [3.05, 3.63) is 23.8 Å². The average molecular weight is 472 g/mol. The van der Waals surface area contributed by atoms with Crippen LogP contribution in [0.5, 0.6) is 0 Å². The number of aromatic nitrogens is 3. The number of fused-ring (bicyclic) bond motifs is 6. The third-order valence-electron chi connectivity index (χ3n) is 10.5. The Hall–Kier alpha value is -1.89. The fraction of sp³-hybridized carbons (Fsp3) is 0.741. The van der Waals surface area contributed by atoms with Crippen molar-refractivity contribution < 1.29 is 18.7 Å². The fourth-order valence-corrected chi connectivity index (χ4v) is 8.95. The molecule has 5 nitrogen and oxygen atoms in total. The summed E-state index contributed by atoms with van der Waals surface area (Å²) in [5.74, 6) is 1.59. The van der Waals surface area contributed by atoms with Gasteiger partial charge in [0.2, 0.25) is 0 Å². The minimum Gasteiger partial charge on any atom is -0.390 e. The molecule has 0 bridgehead atoms. The van der Waals surface area contributed by atoms with Gasteiger partial charge >= 0.3 is 0 Å². The molecule has 0 unspecified atom stereocenters. The number of aliphatic hydroxyl groups is 1. The average Bonchev–Trinajstić information content (AvgIpc) is 3.33. The van der Waals surface area contributed by atoms with E-state index in [1.54, 1.807) is 0 Å². The van der Waals surface area contributed by atoms with Crippen LogP contribution < -0.4 is 0 Å². The third-order valence-corrected chi connectivity index (χ3v) is 10.5. The molecule has 8 atom stereocenters. The first-order valence-corrected chi connectivity index (χ1v) is 13.1. The van der Waals surface area contributed by atoms with E-state index in [2.05, 4.69) is 17.2 Å². The maximum atomic E-state index is 13.8. The van der Waals surface area contributed by atoms with Crippen molar-refractivity contribution in [1.29, 1.82) is 0 Å². The second kappa shape index (κ2) is 7.81. The molecule has 1 heterocycles. The number of nitrogens with zero attached hydrogens (tertiary/aromatic N) is 3. The molecule has 184 valence electrons. The lowest BCUT2D eigenvalue weighted by molar-refractivity contribution is -0.133. The van der Waals surface area contributed by atoms with Crippen LogP contribution in [0.4, 0.5) is 8.78 Å². The number of ketones is 1. The number of carbonyl (C=O) groups excluding carboxylic acids is 1. The van der Waals surface area contributed by atoms with E-state index in [0.29, 0.717) is 23.3 Å². The summed E-state index contributed by atoms with van der Waals surface area (Å²) in [6.07, 6.45) is 9.69. The first-order valence-electron chi connectivity index (χ1n) is 13.1. The van der Waals surface area contributed by atoms with Gasteiger partial charge in [0, 0.05) is 18.1 Å². The minimum absolute atomic E-state index is 0.00100. The van der Waals surface area contributed by atoms with Gasteiger partial charge in [-0.05, 0) is 99.7 Å². The van der Waals surface area contributed by atoms with Crippen LogP contribution in [0.3, 0.4) is 0 Å². The van der Waals surface area contributed by atoms with Crippen molar-refractivity contribution in [2.24, 2.45) is 40.9 Å². The van der Waals surface area contributed by atoms with Gasteiger partial charge in [-0.2, -0.15) is 0 Å². The molecule has 2 aromatic rings. The molecule has 1 aromatic heterocycles. The highest BCUT2D eigenvalue weighted by Crippen LogP contribution is 2.64. The van der Waals surface area contributed by atoms with Crippen LogP contribution in [-0.2, 0) is 11.3 Å². The molecule has 34 heavy (non-hydrogen) atoms. The van der Waals surface area contributed by atoms with E-state index in [1.165, 1.54) is 23.9 Å². The molecule has 0 saturated heterocycles. The van der Waals surface area contributed by atoms with Gasteiger partial charge in [0.1, 0.15) is 12.1 Å². The van der Waals surface area contributed by atoms with Crippen LogP contribution in [0.15, 0.2) is 12.1 Å². The van der Waals surface area contributed by atoms with E-state index in [9.17, 15) is 18.7 Å². The lowest BCUT2D eigenvalue weighted by Crippen LogP contribution is -2.51. The Labute approximate surface area is 199 Å². The van der Waals surface area contributed by atoms with Crippen molar-refractivity contribution in [2.75, 3.05) is 0 Å². The summed E-state index contributed by atoms with van der Waals surface area (Å²) in [4.78, 5) is 13.5. The Balaban J connectivity index is 1.20. The Morgan fingerprint density at radius 1 is 1.03 bits per heavy atom. The summed E-state index contributed by atoms with van der Waals surface area (Å²) >= 11 is 0. The number of carbonyl (C=O) groups is 1. The smallest absolute Gasteiger partial charge is 0.161 e. The molecule has 0 amide bonds. The van der Waals surface area contributed by atoms with Gasteiger partial charge in [-0.15, -0.1) is 5.10 Å². The van der Waals surface area contributed by atoms with Crippen LogP contribution in [-0.4, -0.2) is 31.5 Å². The fourth-order valence-electron chi connectivity index (χ4n) is 8.95. The Kier molecular flexibility index (Phi) is 5.18. The van der Waals surface area contributed by atoms with Crippen molar-refractivity contribution in [3.8, 4) is 0 Å². The minimum atomic E-state index is -0.954. The number of rotatable bonds is 3. The highest BCUT2D eigenvalue weighted by Gasteiger charge is 2.58.